The number of Topliss-reactive ketones (excluding diaryl/α,β-unsaturated/α-hetero) is 1. The van der Waals surface area contributed by atoms with Gasteiger partial charge in [-0.3, -0.25) is 9.69 Å². The molecule has 5 nitrogen and oxygen atoms in total. The summed E-state index contributed by atoms with van der Waals surface area (Å²) in [4.78, 5) is 17.5. The number of rotatable bonds is 4. The Morgan fingerprint density at radius 3 is 2.35 bits per heavy atom. The summed E-state index contributed by atoms with van der Waals surface area (Å²) in [5.74, 6) is 0.438. The van der Waals surface area contributed by atoms with E-state index in [0.717, 1.165) is 5.56 Å². The highest BCUT2D eigenvalue weighted by Crippen LogP contribution is 2.42. The number of aryl methyl sites for hydroxylation is 1. The number of ketones is 1. The Labute approximate surface area is 217 Å². The van der Waals surface area contributed by atoms with Gasteiger partial charge in [0.25, 0.3) is 0 Å². The summed E-state index contributed by atoms with van der Waals surface area (Å²) < 4.78 is 20.3. The fourth-order valence-corrected chi connectivity index (χ4v) is 5.04. The number of ether oxygens (including phenoxy) is 1. The van der Waals surface area contributed by atoms with Crippen LogP contribution in [0.3, 0.4) is 0 Å². The second kappa shape index (κ2) is 9.67. The normalized spacial score (nSPS) is 17.3. The van der Waals surface area contributed by atoms with E-state index in [9.17, 15) is 14.3 Å². The van der Waals surface area contributed by atoms with Crippen LogP contribution >= 0.6 is 0 Å². The summed E-state index contributed by atoms with van der Waals surface area (Å²) in [5, 5.41) is 10.8. The quantitative estimate of drug-likeness (QED) is 0.441. The third-order valence-electron chi connectivity index (χ3n) is 7.24. The van der Waals surface area contributed by atoms with Crippen LogP contribution in [0.25, 0.3) is 6.08 Å². The van der Waals surface area contributed by atoms with E-state index in [4.69, 9.17) is 4.74 Å². The highest BCUT2D eigenvalue weighted by Gasteiger charge is 2.34. The van der Waals surface area contributed by atoms with E-state index in [2.05, 4.69) is 37.8 Å². The molecule has 6 heteroatoms. The molecule has 0 saturated carbocycles. The van der Waals surface area contributed by atoms with Gasteiger partial charge in [-0.25, -0.2) is 4.39 Å². The summed E-state index contributed by atoms with van der Waals surface area (Å²) in [5.41, 5.74) is 4.57. The predicted molar refractivity (Wildman–Crippen MR) is 145 cm³/mol. The second-order valence-corrected chi connectivity index (χ2v) is 10.9. The van der Waals surface area contributed by atoms with Gasteiger partial charge in [0.15, 0.2) is 5.76 Å². The van der Waals surface area contributed by atoms with Crippen molar-refractivity contribution in [2.75, 3.05) is 31.1 Å². The van der Waals surface area contributed by atoms with Crippen molar-refractivity contribution in [1.29, 1.82) is 0 Å². The maximum atomic E-state index is 14.2. The topological polar surface area (TPSA) is 53.0 Å². The van der Waals surface area contributed by atoms with Gasteiger partial charge in [0.2, 0.25) is 5.78 Å². The molecule has 1 saturated heterocycles. The number of anilines is 1. The second-order valence-electron chi connectivity index (χ2n) is 10.9. The third-order valence-corrected chi connectivity index (χ3v) is 7.24. The summed E-state index contributed by atoms with van der Waals surface area (Å²) in [7, 11) is 0. The van der Waals surface area contributed by atoms with E-state index >= 15 is 0 Å². The number of piperazine rings is 1. The highest BCUT2D eigenvalue weighted by molar-refractivity contribution is 6.15. The van der Waals surface area contributed by atoms with Gasteiger partial charge >= 0.3 is 0 Å². The lowest BCUT2D eigenvalue weighted by atomic mass is 9.86. The van der Waals surface area contributed by atoms with E-state index < -0.39 is 0 Å². The van der Waals surface area contributed by atoms with Crippen molar-refractivity contribution in [1.82, 2.24) is 4.90 Å². The summed E-state index contributed by atoms with van der Waals surface area (Å²) >= 11 is 0. The van der Waals surface area contributed by atoms with Crippen molar-refractivity contribution in [3.63, 3.8) is 0 Å². The van der Waals surface area contributed by atoms with Crippen molar-refractivity contribution < 1.29 is 19.0 Å². The number of aromatic hydroxyl groups is 1. The highest BCUT2D eigenvalue weighted by atomic mass is 19.1. The first-order valence-corrected chi connectivity index (χ1v) is 12.7. The van der Waals surface area contributed by atoms with Crippen LogP contribution in [0.15, 0.2) is 60.4 Å². The maximum Gasteiger partial charge on any atom is 0.232 e. The Morgan fingerprint density at radius 2 is 1.70 bits per heavy atom. The molecule has 3 aromatic carbocycles. The van der Waals surface area contributed by atoms with Crippen molar-refractivity contribution in [3.05, 3.63) is 94.0 Å². The number of phenols is 1. The van der Waals surface area contributed by atoms with Crippen molar-refractivity contribution in [3.8, 4) is 11.5 Å². The molecule has 0 atom stereocenters. The van der Waals surface area contributed by atoms with Crippen LogP contribution in [0.5, 0.6) is 11.5 Å². The van der Waals surface area contributed by atoms with Crippen LogP contribution in [0.1, 0.15) is 53.4 Å². The Bertz CT molecular complexity index is 1360. The van der Waals surface area contributed by atoms with Crippen LogP contribution in [0, 0.1) is 12.7 Å². The molecule has 0 amide bonds. The first-order chi connectivity index (χ1) is 17.6. The Morgan fingerprint density at radius 1 is 1.03 bits per heavy atom. The smallest absolute Gasteiger partial charge is 0.232 e. The monoisotopic (exact) mass is 500 g/mol. The van der Waals surface area contributed by atoms with Crippen LogP contribution in [0.2, 0.25) is 0 Å². The number of para-hydroxylation sites is 1. The molecule has 1 N–H and O–H groups in total. The molecule has 1 fully saturated rings. The Balaban J connectivity index is 1.35. The molecule has 192 valence electrons. The van der Waals surface area contributed by atoms with Crippen molar-refractivity contribution >= 4 is 17.5 Å². The molecule has 0 unspecified atom stereocenters. The van der Waals surface area contributed by atoms with E-state index in [1.165, 1.54) is 11.6 Å². The summed E-state index contributed by atoms with van der Waals surface area (Å²) in [6, 6.07) is 16.6. The number of fused-ring (bicyclic) bond motifs is 1. The van der Waals surface area contributed by atoms with Crippen LogP contribution in [0.4, 0.5) is 10.1 Å². The molecule has 2 aliphatic heterocycles. The fraction of sp³-hybridized carbons (Fsp3) is 0.323. The van der Waals surface area contributed by atoms with E-state index in [1.54, 1.807) is 24.3 Å². The molecule has 0 aromatic heterocycles. The number of carbonyl (C=O) groups is 1. The molecule has 2 aliphatic rings. The van der Waals surface area contributed by atoms with Crippen molar-refractivity contribution in [2.24, 2.45) is 0 Å². The average Bonchev–Trinajstić information content (AvgIpc) is 3.18. The van der Waals surface area contributed by atoms with Crippen LogP contribution in [-0.4, -0.2) is 42.0 Å². The summed E-state index contributed by atoms with van der Waals surface area (Å²) in [6.07, 6.45) is 1.77. The van der Waals surface area contributed by atoms with E-state index in [-0.39, 0.29) is 28.5 Å². The van der Waals surface area contributed by atoms with E-state index in [0.29, 0.717) is 60.9 Å². The number of nitrogens with zero attached hydrogens (tertiary/aromatic N) is 2. The number of phenolic OH excluding ortho intramolecular Hbond substituents is 1. The Kier molecular flexibility index (Phi) is 6.54. The molecule has 37 heavy (non-hydrogen) atoms. The molecule has 0 bridgehead atoms. The standard InChI is InChI=1S/C31H33FN2O3/c1-20-17-26(35)23(19-33-13-15-34(16-14-33)25-8-6-5-7-24(25)32)30-28(20)29(36)27(37-30)18-21-9-11-22(12-10-21)31(2,3)4/h5-12,17-18,35H,13-16,19H2,1-4H3/b27-18+. The van der Waals surface area contributed by atoms with Crippen LogP contribution < -0.4 is 9.64 Å². The predicted octanol–water partition coefficient (Wildman–Crippen LogP) is 6.08. The maximum absolute atomic E-state index is 14.2. The fourth-order valence-electron chi connectivity index (χ4n) is 5.04. The minimum Gasteiger partial charge on any atom is -0.507 e. The molecule has 0 spiro atoms. The molecular weight excluding hydrogens is 467 g/mol. The number of hydrogen-bond donors (Lipinski definition) is 1. The molecule has 5 rings (SSSR count). The first kappa shape index (κ1) is 25.0. The molecule has 2 heterocycles. The largest absolute Gasteiger partial charge is 0.507 e. The Hall–Kier alpha value is -3.64. The zero-order chi connectivity index (χ0) is 26.3. The van der Waals surface area contributed by atoms with Crippen molar-refractivity contribution in [2.45, 2.75) is 39.7 Å². The van der Waals surface area contributed by atoms with Gasteiger partial charge in [-0.2, -0.15) is 0 Å². The third kappa shape index (κ3) is 4.98. The van der Waals surface area contributed by atoms with Crippen LogP contribution in [-0.2, 0) is 12.0 Å². The van der Waals surface area contributed by atoms with Gasteiger partial charge in [-0.15, -0.1) is 0 Å². The number of allylic oxidation sites excluding steroid dienone is 1. The lowest BCUT2D eigenvalue weighted by Crippen LogP contribution is -2.46. The number of hydrogen-bond acceptors (Lipinski definition) is 5. The zero-order valence-electron chi connectivity index (χ0n) is 21.8. The number of halogens is 1. The first-order valence-electron chi connectivity index (χ1n) is 12.7. The average molecular weight is 501 g/mol. The van der Waals surface area contributed by atoms with Gasteiger partial charge in [-0.1, -0.05) is 57.2 Å². The van der Waals surface area contributed by atoms with E-state index in [1.807, 2.05) is 30.0 Å². The number of carbonyl (C=O) groups excluding carboxylic acids is 1. The molecule has 0 aliphatic carbocycles. The minimum atomic E-state index is -0.218. The summed E-state index contributed by atoms with van der Waals surface area (Å²) in [6.45, 7) is 11.5. The minimum absolute atomic E-state index is 0.0475. The van der Waals surface area contributed by atoms with Gasteiger partial charge in [0.1, 0.15) is 17.3 Å². The molecule has 0 radical (unpaired) electrons. The SMILES string of the molecule is Cc1cc(O)c(CN2CCN(c3ccccc3F)CC2)c2c1C(=O)/C(=C\c1ccc(C(C)(C)C)cc1)O2. The van der Waals surface area contributed by atoms with Gasteiger partial charge < -0.3 is 14.7 Å². The molecule has 3 aromatic rings. The zero-order valence-corrected chi connectivity index (χ0v) is 21.8. The lowest BCUT2D eigenvalue weighted by Gasteiger charge is -2.36. The molecular formula is C31H33FN2O3. The van der Waals surface area contributed by atoms with Gasteiger partial charge in [0, 0.05) is 32.7 Å². The van der Waals surface area contributed by atoms with Gasteiger partial charge in [-0.05, 0) is 53.3 Å². The number of benzene rings is 3. The lowest BCUT2D eigenvalue weighted by molar-refractivity contribution is 0.101. The van der Waals surface area contributed by atoms with Gasteiger partial charge in [0.05, 0.1) is 16.8 Å².